The minimum absolute atomic E-state index is 0.218. The van der Waals surface area contributed by atoms with Crippen molar-refractivity contribution in [1.29, 1.82) is 5.26 Å². The number of nitrogens with one attached hydrogen (secondary N) is 1. The maximum atomic E-state index is 12.2. The zero-order chi connectivity index (χ0) is 16.5. The smallest absolute Gasteiger partial charge is 0.256 e. The summed E-state index contributed by atoms with van der Waals surface area (Å²) >= 11 is 0. The van der Waals surface area contributed by atoms with Crippen molar-refractivity contribution in [3.63, 3.8) is 0 Å². The van der Waals surface area contributed by atoms with Crippen molar-refractivity contribution in [2.45, 2.75) is 0 Å². The molecule has 0 aliphatic carbocycles. The van der Waals surface area contributed by atoms with E-state index in [1.807, 2.05) is 30.3 Å². The van der Waals surface area contributed by atoms with Crippen molar-refractivity contribution in [2.75, 3.05) is 5.32 Å². The van der Waals surface area contributed by atoms with Crippen molar-refractivity contribution >= 4 is 23.2 Å². The number of rotatable bonds is 2. The maximum Gasteiger partial charge on any atom is 0.256 e. The van der Waals surface area contributed by atoms with E-state index in [0.717, 1.165) is 11.1 Å². The van der Waals surface area contributed by atoms with Crippen LogP contribution in [0.15, 0.2) is 59.2 Å². The van der Waals surface area contributed by atoms with E-state index < -0.39 is 0 Å². The number of anilines is 1. The number of amides is 1. The fourth-order valence-electron chi connectivity index (χ4n) is 2.62. The number of nitriles is 1. The third-order valence-electron chi connectivity index (χ3n) is 3.77. The topological polar surface area (TPSA) is 78.9 Å². The van der Waals surface area contributed by atoms with Gasteiger partial charge in [0.15, 0.2) is 0 Å². The van der Waals surface area contributed by atoms with Crippen molar-refractivity contribution in [1.82, 2.24) is 4.98 Å². The molecule has 5 nitrogen and oxygen atoms in total. The largest absolute Gasteiger partial charge is 0.444 e. The van der Waals surface area contributed by atoms with Gasteiger partial charge in [0.2, 0.25) is 5.89 Å². The van der Waals surface area contributed by atoms with Gasteiger partial charge >= 0.3 is 0 Å². The number of hydrogen-bond donors (Lipinski definition) is 1. The lowest BCUT2D eigenvalue weighted by molar-refractivity contribution is -0.110. The van der Waals surface area contributed by atoms with Gasteiger partial charge in [-0.2, -0.15) is 5.26 Å². The molecular weight excluding hydrogens is 302 g/mol. The van der Waals surface area contributed by atoms with Gasteiger partial charge in [0.25, 0.3) is 5.91 Å². The number of aromatic nitrogens is 1. The minimum Gasteiger partial charge on any atom is -0.444 e. The Labute approximate surface area is 137 Å². The van der Waals surface area contributed by atoms with E-state index in [2.05, 4.69) is 16.4 Å². The molecule has 0 spiro atoms. The zero-order valence-electron chi connectivity index (χ0n) is 12.5. The van der Waals surface area contributed by atoms with Gasteiger partial charge in [-0.25, -0.2) is 4.98 Å². The van der Waals surface area contributed by atoms with E-state index in [9.17, 15) is 4.79 Å². The molecule has 24 heavy (non-hydrogen) atoms. The Balaban J connectivity index is 1.72. The van der Waals surface area contributed by atoms with Crippen LogP contribution in [-0.2, 0) is 4.79 Å². The molecule has 3 aromatic rings. The summed E-state index contributed by atoms with van der Waals surface area (Å²) < 4.78 is 5.49. The predicted octanol–water partition coefficient (Wildman–Crippen LogP) is 3.71. The van der Waals surface area contributed by atoms with Gasteiger partial charge in [0.1, 0.15) is 12.0 Å². The Morgan fingerprint density at radius 1 is 1.17 bits per heavy atom. The van der Waals surface area contributed by atoms with Crippen LogP contribution in [0.2, 0.25) is 0 Å². The number of nitrogens with zero attached hydrogens (tertiary/aromatic N) is 2. The first kappa shape index (κ1) is 14.0. The van der Waals surface area contributed by atoms with Crippen LogP contribution in [0.4, 0.5) is 5.69 Å². The second kappa shape index (κ2) is 5.52. The Morgan fingerprint density at radius 2 is 2.00 bits per heavy atom. The highest BCUT2D eigenvalue weighted by Crippen LogP contribution is 2.33. The quantitative estimate of drug-likeness (QED) is 0.732. The third kappa shape index (κ3) is 2.36. The van der Waals surface area contributed by atoms with Gasteiger partial charge in [-0.1, -0.05) is 24.3 Å². The van der Waals surface area contributed by atoms with E-state index in [1.54, 1.807) is 24.3 Å². The van der Waals surface area contributed by atoms with Crippen molar-refractivity contribution in [3.8, 4) is 17.5 Å². The van der Waals surface area contributed by atoms with Crippen molar-refractivity contribution in [3.05, 3.63) is 71.6 Å². The molecule has 1 aliphatic rings. The highest BCUT2D eigenvalue weighted by Gasteiger charge is 2.24. The second-order valence-electron chi connectivity index (χ2n) is 5.33. The number of oxazole rings is 1. The molecule has 0 radical (unpaired) electrons. The zero-order valence-corrected chi connectivity index (χ0v) is 12.5. The number of fused-ring (bicyclic) bond motifs is 1. The van der Waals surface area contributed by atoms with E-state index >= 15 is 0 Å². The molecule has 4 rings (SSSR count). The molecule has 1 amide bonds. The molecule has 0 unspecified atom stereocenters. The molecule has 1 N–H and O–H groups in total. The van der Waals surface area contributed by atoms with Gasteiger partial charge in [-0.05, 0) is 30.3 Å². The van der Waals surface area contributed by atoms with E-state index in [4.69, 9.17) is 9.68 Å². The average Bonchev–Trinajstić information content (AvgIpc) is 3.20. The molecule has 2 aromatic carbocycles. The summed E-state index contributed by atoms with van der Waals surface area (Å²) in [5.74, 6) is 0.283. The lowest BCUT2D eigenvalue weighted by Gasteiger charge is -1.97. The lowest BCUT2D eigenvalue weighted by Crippen LogP contribution is -2.03. The summed E-state index contributed by atoms with van der Waals surface area (Å²) in [5.41, 5.74) is 3.83. The molecule has 2 heterocycles. The third-order valence-corrected chi connectivity index (χ3v) is 3.77. The number of benzene rings is 2. The first-order valence-corrected chi connectivity index (χ1v) is 7.33. The van der Waals surface area contributed by atoms with Gasteiger partial charge in [-0.15, -0.1) is 0 Å². The summed E-state index contributed by atoms with van der Waals surface area (Å²) in [4.78, 5) is 16.6. The van der Waals surface area contributed by atoms with Gasteiger partial charge in [-0.3, -0.25) is 4.79 Å². The first-order valence-electron chi connectivity index (χ1n) is 7.33. The molecule has 0 atom stereocenters. The lowest BCUT2D eigenvalue weighted by atomic mass is 10.0. The molecule has 0 bridgehead atoms. The number of carbonyl (C=O) groups excluding carboxylic acids is 1. The SMILES string of the molecule is N#Cc1ccc2c(c1)NC(=O)/C2=C/c1coc(-c2ccccc2)n1. The summed E-state index contributed by atoms with van der Waals surface area (Å²) in [7, 11) is 0. The average molecular weight is 313 g/mol. The Morgan fingerprint density at radius 3 is 2.79 bits per heavy atom. The van der Waals surface area contributed by atoms with Crippen LogP contribution in [0, 0.1) is 11.3 Å². The summed E-state index contributed by atoms with van der Waals surface area (Å²) in [6, 6.07) is 16.7. The van der Waals surface area contributed by atoms with Crippen LogP contribution in [-0.4, -0.2) is 10.9 Å². The highest BCUT2D eigenvalue weighted by atomic mass is 16.3. The minimum atomic E-state index is -0.218. The van der Waals surface area contributed by atoms with Gasteiger partial charge in [0.05, 0.1) is 22.9 Å². The van der Waals surface area contributed by atoms with Crippen LogP contribution in [0.1, 0.15) is 16.8 Å². The fraction of sp³-hybridized carbons (Fsp3) is 0. The Kier molecular flexibility index (Phi) is 3.22. The molecule has 0 saturated heterocycles. The molecular formula is C19H11N3O2. The van der Waals surface area contributed by atoms with Crippen LogP contribution < -0.4 is 5.32 Å². The molecule has 0 fully saturated rings. The van der Waals surface area contributed by atoms with Crippen molar-refractivity contribution in [2.24, 2.45) is 0 Å². The number of carbonyl (C=O) groups is 1. The second-order valence-corrected chi connectivity index (χ2v) is 5.33. The summed E-state index contributed by atoms with van der Waals surface area (Å²) in [6.07, 6.45) is 3.20. The van der Waals surface area contributed by atoms with E-state index in [-0.39, 0.29) is 5.91 Å². The Bertz CT molecular complexity index is 1010. The van der Waals surface area contributed by atoms with E-state index in [1.165, 1.54) is 6.26 Å². The van der Waals surface area contributed by atoms with Crippen LogP contribution in [0.3, 0.4) is 0 Å². The van der Waals surface area contributed by atoms with Crippen LogP contribution >= 0.6 is 0 Å². The predicted molar refractivity (Wildman–Crippen MR) is 89.6 cm³/mol. The monoisotopic (exact) mass is 313 g/mol. The summed E-state index contributed by atoms with van der Waals surface area (Å²) in [6.45, 7) is 0. The first-order chi connectivity index (χ1) is 11.7. The van der Waals surface area contributed by atoms with Crippen LogP contribution in [0.25, 0.3) is 23.1 Å². The molecule has 0 saturated carbocycles. The van der Waals surface area contributed by atoms with E-state index in [0.29, 0.717) is 28.4 Å². The fourth-order valence-corrected chi connectivity index (χ4v) is 2.62. The molecule has 1 aliphatic heterocycles. The molecule has 1 aromatic heterocycles. The molecule has 114 valence electrons. The normalized spacial score (nSPS) is 14.3. The van der Waals surface area contributed by atoms with Gasteiger partial charge in [0, 0.05) is 11.1 Å². The van der Waals surface area contributed by atoms with Gasteiger partial charge < -0.3 is 9.73 Å². The molecule has 5 heteroatoms. The number of hydrogen-bond acceptors (Lipinski definition) is 4. The standard InChI is InChI=1S/C19H11N3O2/c20-10-12-6-7-15-16(18(23)22-17(15)8-12)9-14-11-24-19(21-14)13-4-2-1-3-5-13/h1-9,11H,(H,22,23)/b16-9+. The van der Waals surface area contributed by atoms with Crippen LogP contribution in [0.5, 0.6) is 0 Å². The highest BCUT2D eigenvalue weighted by molar-refractivity contribution is 6.34. The maximum absolute atomic E-state index is 12.2. The Hall–Kier alpha value is -3.65. The summed E-state index contributed by atoms with van der Waals surface area (Å²) in [5, 5.41) is 11.7. The van der Waals surface area contributed by atoms with Crippen molar-refractivity contribution < 1.29 is 9.21 Å².